The lowest BCUT2D eigenvalue weighted by Crippen LogP contribution is -2.20. The van der Waals surface area contributed by atoms with Crippen molar-refractivity contribution >= 4 is 34.3 Å². The first kappa shape index (κ1) is 22.9. The minimum atomic E-state index is -0.300. The molecule has 4 rings (SSSR count). The number of benzene rings is 3. The van der Waals surface area contributed by atoms with Crippen LogP contribution in [0.3, 0.4) is 0 Å². The average molecular weight is 463 g/mol. The Hall–Kier alpha value is -3.31. The molecule has 0 bridgehead atoms. The molecule has 0 fully saturated rings. The standard InChI is InChI=1S/C27H27ClN2O3/c1-5-16(2)19-10-12-25-23(13-19)30-27(33-25)20-9-11-21(28)22(14-20)29-26(31)15-32-24-8-6-7-17(3)18(24)4/h6-14,16H,5,15H2,1-4H3,(H,29,31)/t16-/m0/s1. The number of ether oxygens (including phenoxy) is 1. The number of hydrogen-bond donors (Lipinski definition) is 1. The quantitative estimate of drug-likeness (QED) is 0.313. The summed E-state index contributed by atoms with van der Waals surface area (Å²) in [6, 6.07) is 17.2. The van der Waals surface area contributed by atoms with Gasteiger partial charge in [0.2, 0.25) is 5.89 Å². The molecule has 0 spiro atoms. The van der Waals surface area contributed by atoms with Crippen molar-refractivity contribution in [3.63, 3.8) is 0 Å². The van der Waals surface area contributed by atoms with E-state index in [9.17, 15) is 4.79 Å². The molecule has 6 heteroatoms. The number of nitrogens with zero attached hydrogens (tertiary/aromatic N) is 1. The molecule has 1 amide bonds. The molecule has 170 valence electrons. The molecule has 0 saturated carbocycles. The summed E-state index contributed by atoms with van der Waals surface area (Å²) in [5, 5.41) is 3.25. The zero-order valence-corrected chi connectivity index (χ0v) is 20.0. The summed E-state index contributed by atoms with van der Waals surface area (Å²) >= 11 is 6.33. The van der Waals surface area contributed by atoms with Crippen molar-refractivity contribution in [3.05, 3.63) is 76.3 Å². The molecule has 1 atom stereocenters. The minimum absolute atomic E-state index is 0.119. The van der Waals surface area contributed by atoms with Gasteiger partial charge in [0.15, 0.2) is 12.2 Å². The number of fused-ring (bicyclic) bond motifs is 1. The summed E-state index contributed by atoms with van der Waals surface area (Å²) < 4.78 is 11.7. The number of oxazole rings is 1. The number of hydrogen-bond acceptors (Lipinski definition) is 4. The maximum atomic E-state index is 12.5. The van der Waals surface area contributed by atoms with Gasteiger partial charge in [0.1, 0.15) is 11.3 Å². The molecule has 0 saturated heterocycles. The molecule has 4 aromatic rings. The lowest BCUT2D eigenvalue weighted by molar-refractivity contribution is -0.118. The third-order valence-electron chi connectivity index (χ3n) is 5.99. The van der Waals surface area contributed by atoms with Crippen LogP contribution < -0.4 is 10.1 Å². The zero-order valence-electron chi connectivity index (χ0n) is 19.2. The molecule has 0 aliphatic heterocycles. The maximum absolute atomic E-state index is 12.5. The third kappa shape index (κ3) is 5.04. The Labute approximate surface area is 198 Å². The molecular weight excluding hydrogens is 436 g/mol. The monoisotopic (exact) mass is 462 g/mol. The number of carbonyl (C=O) groups excluding carboxylic acids is 1. The van der Waals surface area contributed by atoms with Gasteiger partial charge in [-0.05, 0) is 79.3 Å². The van der Waals surface area contributed by atoms with E-state index in [4.69, 9.17) is 20.8 Å². The number of carbonyl (C=O) groups is 1. The van der Waals surface area contributed by atoms with Gasteiger partial charge in [-0.25, -0.2) is 4.98 Å². The van der Waals surface area contributed by atoms with Crippen LogP contribution in [0.1, 0.15) is 42.9 Å². The fraction of sp³-hybridized carbons (Fsp3) is 0.259. The predicted octanol–water partition coefficient (Wildman–Crippen LogP) is 7.30. The van der Waals surface area contributed by atoms with E-state index in [2.05, 4.69) is 36.3 Å². The first-order valence-electron chi connectivity index (χ1n) is 11.0. The number of nitrogens with one attached hydrogen (secondary N) is 1. The van der Waals surface area contributed by atoms with Crippen molar-refractivity contribution in [1.29, 1.82) is 0 Å². The topological polar surface area (TPSA) is 64.4 Å². The fourth-order valence-electron chi connectivity index (χ4n) is 3.57. The maximum Gasteiger partial charge on any atom is 0.262 e. The highest BCUT2D eigenvalue weighted by Gasteiger charge is 2.14. The van der Waals surface area contributed by atoms with E-state index in [0.717, 1.165) is 34.2 Å². The van der Waals surface area contributed by atoms with Crippen molar-refractivity contribution in [2.75, 3.05) is 11.9 Å². The van der Waals surface area contributed by atoms with Gasteiger partial charge >= 0.3 is 0 Å². The van der Waals surface area contributed by atoms with Gasteiger partial charge in [-0.2, -0.15) is 0 Å². The van der Waals surface area contributed by atoms with Crippen LogP contribution in [0.2, 0.25) is 5.02 Å². The molecule has 1 aromatic heterocycles. The van der Waals surface area contributed by atoms with Gasteiger partial charge in [-0.15, -0.1) is 0 Å². The SMILES string of the molecule is CC[C@H](C)c1ccc2oc(-c3ccc(Cl)c(NC(=O)COc4cccc(C)c4C)c3)nc2c1. The van der Waals surface area contributed by atoms with Crippen LogP contribution in [0, 0.1) is 13.8 Å². The van der Waals surface area contributed by atoms with E-state index in [1.165, 1.54) is 5.56 Å². The Morgan fingerprint density at radius 3 is 2.76 bits per heavy atom. The third-order valence-corrected chi connectivity index (χ3v) is 6.32. The molecule has 33 heavy (non-hydrogen) atoms. The number of anilines is 1. The first-order chi connectivity index (χ1) is 15.9. The van der Waals surface area contributed by atoms with Crippen molar-refractivity contribution in [3.8, 4) is 17.2 Å². The van der Waals surface area contributed by atoms with Crippen molar-refractivity contribution in [2.45, 2.75) is 40.0 Å². The van der Waals surface area contributed by atoms with Crippen molar-refractivity contribution in [2.24, 2.45) is 0 Å². The highest BCUT2D eigenvalue weighted by Crippen LogP contribution is 2.32. The van der Waals surface area contributed by atoms with E-state index in [1.54, 1.807) is 12.1 Å². The minimum Gasteiger partial charge on any atom is -0.483 e. The summed E-state index contributed by atoms with van der Waals surface area (Å²) in [5.74, 6) is 1.32. The molecule has 3 aromatic carbocycles. The van der Waals surface area contributed by atoms with Crippen LogP contribution in [-0.4, -0.2) is 17.5 Å². The van der Waals surface area contributed by atoms with Gasteiger partial charge in [0.05, 0.1) is 10.7 Å². The van der Waals surface area contributed by atoms with Crippen LogP contribution in [0.25, 0.3) is 22.6 Å². The molecule has 0 aliphatic carbocycles. The second-order valence-corrected chi connectivity index (χ2v) is 8.69. The lowest BCUT2D eigenvalue weighted by Gasteiger charge is -2.12. The number of rotatable bonds is 7. The summed E-state index contributed by atoms with van der Waals surface area (Å²) in [6.45, 7) is 8.21. The Morgan fingerprint density at radius 2 is 1.97 bits per heavy atom. The van der Waals surface area contributed by atoms with Crippen LogP contribution in [0.4, 0.5) is 5.69 Å². The van der Waals surface area contributed by atoms with Gasteiger partial charge in [-0.3, -0.25) is 4.79 Å². The molecular formula is C27H27ClN2O3. The molecule has 0 aliphatic rings. The predicted molar refractivity (Wildman–Crippen MR) is 133 cm³/mol. The van der Waals surface area contributed by atoms with Crippen LogP contribution >= 0.6 is 11.6 Å². The van der Waals surface area contributed by atoms with E-state index >= 15 is 0 Å². The van der Waals surface area contributed by atoms with Gasteiger partial charge < -0.3 is 14.5 Å². The largest absolute Gasteiger partial charge is 0.483 e. The average Bonchev–Trinajstić information content (AvgIpc) is 3.24. The summed E-state index contributed by atoms with van der Waals surface area (Å²) in [4.78, 5) is 17.2. The number of amides is 1. The summed E-state index contributed by atoms with van der Waals surface area (Å²) in [5.41, 5.74) is 6.09. The molecule has 0 unspecified atom stereocenters. The van der Waals surface area contributed by atoms with Gasteiger partial charge in [0, 0.05) is 5.56 Å². The molecule has 1 N–H and O–H groups in total. The van der Waals surface area contributed by atoms with Crippen LogP contribution in [0.5, 0.6) is 5.75 Å². The number of aromatic nitrogens is 1. The zero-order chi connectivity index (χ0) is 23.5. The molecule has 1 heterocycles. The second-order valence-electron chi connectivity index (χ2n) is 8.28. The highest BCUT2D eigenvalue weighted by atomic mass is 35.5. The Balaban J connectivity index is 1.51. The highest BCUT2D eigenvalue weighted by molar-refractivity contribution is 6.33. The van der Waals surface area contributed by atoms with E-state index in [-0.39, 0.29) is 12.5 Å². The molecule has 0 radical (unpaired) electrons. The number of halogens is 1. The Bertz CT molecular complexity index is 1310. The van der Waals surface area contributed by atoms with E-state index in [0.29, 0.717) is 28.3 Å². The first-order valence-corrected chi connectivity index (χ1v) is 11.4. The molecule has 5 nitrogen and oxygen atoms in total. The smallest absolute Gasteiger partial charge is 0.262 e. The summed E-state index contributed by atoms with van der Waals surface area (Å²) in [7, 11) is 0. The van der Waals surface area contributed by atoms with Crippen LogP contribution in [-0.2, 0) is 4.79 Å². The Kier molecular flexibility index (Phi) is 6.70. The normalized spacial score (nSPS) is 12.0. The van der Waals surface area contributed by atoms with E-state index in [1.807, 2.05) is 44.2 Å². The second kappa shape index (κ2) is 9.67. The van der Waals surface area contributed by atoms with Crippen molar-refractivity contribution in [1.82, 2.24) is 4.98 Å². The van der Waals surface area contributed by atoms with E-state index < -0.39 is 0 Å². The fourth-order valence-corrected chi connectivity index (χ4v) is 3.74. The van der Waals surface area contributed by atoms with Gasteiger partial charge in [0.25, 0.3) is 5.91 Å². The number of aryl methyl sites for hydroxylation is 1. The van der Waals surface area contributed by atoms with Crippen LogP contribution in [0.15, 0.2) is 59.0 Å². The lowest BCUT2D eigenvalue weighted by atomic mass is 9.98. The summed E-state index contributed by atoms with van der Waals surface area (Å²) in [6.07, 6.45) is 1.06. The Morgan fingerprint density at radius 1 is 1.15 bits per heavy atom. The van der Waals surface area contributed by atoms with Crippen molar-refractivity contribution < 1.29 is 13.9 Å². The van der Waals surface area contributed by atoms with Gasteiger partial charge in [-0.1, -0.05) is 43.6 Å².